The molecule has 6 heteroatoms. The van der Waals surface area contributed by atoms with Gasteiger partial charge in [-0.2, -0.15) is 0 Å². The Bertz CT molecular complexity index is 786. The first-order chi connectivity index (χ1) is 12.3. The lowest BCUT2D eigenvalue weighted by atomic mass is 10.0. The van der Waals surface area contributed by atoms with Crippen molar-refractivity contribution in [3.63, 3.8) is 0 Å². The van der Waals surface area contributed by atoms with Gasteiger partial charge in [-0.1, -0.05) is 29.8 Å². The number of hydrogen-bond donors (Lipinski definition) is 1. The molecule has 0 radical (unpaired) electrons. The molecule has 0 saturated carbocycles. The molecule has 2 aromatic rings. The number of anilines is 1. The molecule has 0 aliphatic rings. The molecule has 0 aliphatic heterocycles. The summed E-state index contributed by atoms with van der Waals surface area (Å²) in [5.74, 6) is 0.648. The van der Waals surface area contributed by atoms with Crippen molar-refractivity contribution < 1.29 is 14.3 Å². The van der Waals surface area contributed by atoms with Gasteiger partial charge >= 0.3 is 0 Å². The minimum absolute atomic E-state index is 0.0809. The Kier molecular flexibility index (Phi) is 6.80. The molecule has 0 fully saturated rings. The van der Waals surface area contributed by atoms with Crippen LogP contribution in [-0.4, -0.2) is 37.4 Å². The number of amides is 2. The van der Waals surface area contributed by atoms with Crippen molar-refractivity contribution in [3.05, 3.63) is 58.1 Å². The normalized spacial score (nSPS) is 10.5. The zero-order valence-electron chi connectivity index (χ0n) is 15.4. The molecule has 0 atom stereocenters. The van der Waals surface area contributed by atoms with E-state index in [1.165, 1.54) is 4.90 Å². The zero-order valence-corrected chi connectivity index (χ0v) is 17.0. The molecule has 0 aliphatic carbocycles. The quantitative estimate of drug-likeness (QED) is 0.760. The molecular weight excluding hydrogens is 396 g/mol. The standard InChI is InChI=1S/C20H23BrN2O3/c1-13(2)17-11-15(21)7-10-18(17)26-12-19(24)22-16-8-5-14(6-9-16)20(25)23(3)4/h5-11,13H,12H2,1-4H3,(H,22,24). The van der Waals surface area contributed by atoms with E-state index < -0.39 is 0 Å². The number of nitrogens with zero attached hydrogens (tertiary/aromatic N) is 1. The average Bonchev–Trinajstić information content (AvgIpc) is 2.60. The second-order valence-electron chi connectivity index (χ2n) is 6.45. The van der Waals surface area contributed by atoms with E-state index in [2.05, 4.69) is 35.1 Å². The fourth-order valence-corrected chi connectivity index (χ4v) is 2.78. The lowest BCUT2D eigenvalue weighted by molar-refractivity contribution is -0.118. The summed E-state index contributed by atoms with van der Waals surface area (Å²) in [4.78, 5) is 25.5. The van der Waals surface area contributed by atoms with Crippen molar-refractivity contribution in [1.82, 2.24) is 4.90 Å². The Morgan fingerprint density at radius 2 is 1.77 bits per heavy atom. The molecule has 0 heterocycles. The maximum absolute atomic E-state index is 12.1. The van der Waals surface area contributed by atoms with Crippen LogP contribution in [0.25, 0.3) is 0 Å². The average molecular weight is 419 g/mol. The summed E-state index contributed by atoms with van der Waals surface area (Å²) < 4.78 is 6.66. The Morgan fingerprint density at radius 1 is 1.12 bits per heavy atom. The summed E-state index contributed by atoms with van der Waals surface area (Å²) in [6.45, 7) is 4.07. The highest BCUT2D eigenvalue weighted by Crippen LogP contribution is 2.29. The Labute approximate surface area is 162 Å². The number of carbonyl (C=O) groups is 2. The van der Waals surface area contributed by atoms with Crippen LogP contribution in [0.4, 0.5) is 5.69 Å². The van der Waals surface area contributed by atoms with Crippen LogP contribution >= 0.6 is 15.9 Å². The van der Waals surface area contributed by atoms with Gasteiger partial charge in [0, 0.05) is 29.8 Å². The van der Waals surface area contributed by atoms with Crippen molar-refractivity contribution in [1.29, 1.82) is 0 Å². The fraction of sp³-hybridized carbons (Fsp3) is 0.300. The van der Waals surface area contributed by atoms with E-state index in [-0.39, 0.29) is 24.3 Å². The number of rotatable bonds is 6. The minimum atomic E-state index is -0.255. The van der Waals surface area contributed by atoms with Gasteiger partial charge in [0.05, 0.1) is 0 Å². The van der Waals surface area contributed by atoms with E-state index in [0.29, 0.717) is 17.0 Å². The summed E-state index contributed by atoms with van der Waals surface area (Å²) in [7, 11) is 3.39. The van der Waals surface area contributed by atoms with Gasteiger partial charge in [0.15, 0.2) is 6.61 Å². The predicted molar refractivity (Wildman–Crippen MR) is 107 cm³/mol. The van der Waals surface area contributed by atoms with E-state index in [1.807, 2.05) is 18.2 Å². The van der Waals surface area contributed by atoms with E-state index in [9.17, 15) is 9.59 Å². The van der Waals surface area contributed by atoms with Crippen molar-refractivity contribution >= 4 is 33.4 Å². The van der Waals surface area contributed by atoms with Gasteiger partial charge in [-0.05, 0) is 53.9 Å². The molecular formula is C20H23BrN2O3. The summed E-state index contributed by atoms with van der Waals surface area (Å²) in [6.07, 6.45) is 0. The number of benzene rings is 2. The number of ether oxygens (including phenoxy) is 1. The summed E-state index contributed by atoms with van der Waals surface area (Å²) in [5.41, 5.74) is 2.23. The van der Waals surface area contributed by atoms with Gasteiger partial charge in [-0.25, -0.2) is 0 Å². The van der Waals surface area contributed by atoms with Crippen molar-refractivity contribution in [3.8, 4) is 5.75 Å². The molecule has 2 amide bonds. The van der Waals surface area contributed by atoms with Crippen LogP contribution in [-0.2, 0) is 4.79 Å². The monoisotopic (exact) mass is 418 g/mol. The molecule has 5 nitrogen and oxygen atoms in total. The predicted octanol–water partition coefficient (Wildman–Crippen LogP) is 4.29. The number of halogens is 1. The lowest BCUT2D eigenvalue weighted by Gasteiger charge is -2.14. The number of carbonyl (C=O) groups excluding carboxylic acids is 2. The second kappa shape index (κ2) is 8.85. The third-order valence-corrected chi connectivity index (χ3v) is 4.27. The number of nitrogens with one attached hydrogen (secondary N) is 1. The Balaban J connectivity index is 1.96. The lowest BCUT2D eigenvalue weighted by Crippen LogP contribution is -2.22. The molecule has 0 aromatic heterocycles. The Morgan fingerprint density at radius 3 is 2.35 bits per heavy atom. The second-order valence-corrected chi connectivity index (χ2v) is 7.37. The van der Waals surface area contributed by atoms with Crippen LogP contribution in [0.5, 0.6) is 5.75 Å². The van der Waals surface area contributed by atoms with Gasteiger partial charge in [0.2, 0.25) is 0 Å². The molecule has 0 saturated heterocycles. The first-order valence-electron chi connectivity index (χ1n) is 8.31. The largest absolute Gasteiger partial charge is 0.483 e. The highest BCUT2D eigenvalue weighted by molar-refractivity contribution is 9.10. The van der Waals surface area contributed by atoms with Crippen LogP contribution in [0.1, 0.15) is 35.7 Å². The molecule has 138 valence electrons. The maximum atomic E-state index is 12.1. The van der Waals surface area contributed by atoms with Crippen LogP contribution in [0.3, 0.4) is 0 Å². The minimum Gasteiger partial charge on any atom is -0.483 e. The first-order valence-corrected chi connectivity index (χ1v) is 9.11. The Hall–Kier alpha value is -2.34. The first kappa shape index (κ1) is 20.0. The van der Waals surface area contributed by atoms with Gasteiger partial charge in [-0.3, -0.25) is 9.59 Å². The van der Waals surface area contributed by atoms with Gasteiger partial charge < -0.3 is 15.0 Å². The van der Waals surface area contributed by atoms with E-state index in [0.717, 1.165) is 10.0 Å². The van der Waals surface area contributed by atoms with Crippen LogP contribution < -0.4 is 10.1 Å². The highest BCUT2D eigenvalue weighted by atomic mass is 79.9. The van der Waals surface area contributed by atoms with Crippen LogP contribution in [0, 0.1) is 0 Å². The van der Waals surface area contributed by atoms with Crippen molar-refractivity contribution in [2.45, 2.75) is 19.8 Å². The van der Waals surface area contributed by atoms with Gasteiger partial charge in [0.1, 0.15) is 5.75 Å². The van der Waals surface area contributed by atoms with E-state index in [1.54, 1.807) is 38.4 Å². The highest BCUT2D eigenvalue weighted by Gasteiger charge is 2.12. The molecule has 26 heavy (non-hydrogen) atoms. The van der Waals surface area contributed by atoms with Crippen LogP contribution in [0.2, 0.25) is 0 Å². The summed E-state index contributed by atoms with van der Waals surface area (Å²) in [6, 6.07) is 12.5. The van der Waals surface area contributed by atoms with E-state index in [4.69, 9.17) is 4.74 Å². The zero-order chi connectivity index (χ0) is 19.3. The maximum Gasteiger partial charge on any atom is 0.262 e. The summed E-state index contributed by atoms with van der Waals surface area (Å²) in [5, 5.41) is 2.77. The van der Waals surface area contributed by atoms with Gasteiger partial charge in [0.25, 0.3) is 11.8 Å². The molecule has 0 spiro atoms. The molecule has 1 N–H and O–H groups in total. The molecule has 0 unspecified atom stereocenters. The summed E-state index contributed by atoms with van der Waals surface area (Å²) >= 11 is 3.45. The van der Waals surface area contributed by atoms with Crippen molar-refractivity contribution in [2.24, 2.45) is 0 Å². The van der Waals surface area contributed by atoms with E-state index >= 15 is 0 Å². The van der Waals surface area contributed by atoms with Crippen molar-refractivity contribution in [2.75, 3.05) is 26.0 Å². The van der Waals surface area contributed by atoms with Crippen LogP contribution in [0.15, 0.2) is 46.9 Å². The third kappa shape index (κ3) is 5.33. The molecule has 0 bridgehead atoms. The topological polar surface area (TPSA) is 58.6 Å². The fourth-order valence-electron chi connectivity index (χ4n) is 2.40. The third-order valence-electron chi connectivity index (χ3n) is 3.77. The smallest absolute Gasteiger partial charge is 0.262 e. The SMILES string of the molecule is CC(C)c1cc(Br)ccc1OCC(=O)Nc1ccc(C(=O)N(C)C)cc1. The number of hydrogen-bond acceptors (Lipinski definition) is 3. The molecule has 2 aromatic carbocycles. The van der Waals surface area contributed by atoms with Gasteiger partial charge in [-0.15, -0.1) is 0 Å². The molecule has 2 rings (SSSR count).